The minimum Gasteiger partial charge on any atom is -0.436 e. The summed E-state index contributed by atoms with van der Waals surface area (Å²) < 4.78 is 5.72. The Bertz CT molecular complexity index is 558. The van der Waals surface area contributed by atoms with E-state index in [1.807, 2.05) is 42.5 Å². The zero-order valence-electron chi connectivity index (χ0n) is 9.98. The second-order valence-corrected chi connectivity index (χ2v) is 3.63. The van der Waals surface area contributed by atoms with E-state index in [1.165, 1.54) is 0 Å². The third-order valence-corrected chi connectivity index (χ3v) is 2.49. The van der Waals surface area contributed by atoms with Crippen LogP contribution < -0.4 is 0 Å². The first-order valence-electron chi connectivity index (χ1n) is 5.35. The summed E-state index contributed by atoms with van der Waals surface area (Å²) in [7, 11) is 0. The Morgan fingerprint density at radius 3 is 2.21 bits per heavy atom. The van der Waals surface area contributed by atoms with Crippen LogP contribution in [0.2, 0.25) is 0 Å². The van der Waals surface area contributed by atoms with E-state index in [4.69, 9.17) is 4.42 Å². The van der Waals surface area contributed by atoms with Crippen molar-refractivity contribution in [3.8, 4) is 22.8 Å². The van der Waals surface area contributed by atoms with E-state index in [9.17, 15) is 0 Å². The van der Waals surface area contributed by atoms with Crippen LogP contribution in [0, 0.1) is 0 Å². The molecule has 3 aromatic rings. The molecule has 2 N–H and O–H groups in total. The van der Waals surface area contributed by atoms with Gasteiger partial charge in [0.2, 0.25) is 5.89 Å². The molecule has 2 aromatic heterocycles. The van der Waals surface area contributed by atoms with Gasteiger partial charge in [0.05, 0.1) is 6.20 Å². The van der Waals surface area contributed by atoms with Gasteiger partial charge in [-0.2, -0.15) is 0 Å². The lowest BCUT2D eigenvalue weighted by Gasteiger charge is -1.95. The molecule has 5 heteroatoms. The summed E-state index contributed by atoms with van der Waals surface area (Å²) >= 11 is 0. The highest BCUT2D eigenvalue weighted by atomic mass is 35.5. The smallest absolute Gasteiger partial charge is 0.226 e. The molecular weight excluding hydrogens is 264 g/mol. The van der Waals surface area contributed by atoms with E-state index in [0.29, 0.717) is 5.89 Å². The Kier molecular flexibility index (Phi) is 5.23. The second-order valence-electron chi connectivity index (χ2n) is 3.63. The molecule has 0 spiro atoms. The first-order chi connectivity index (χ1) is 8.43. The molecule has 0 aliphatic heterocycles. The van der Waals surface area contributed by atoms with E-state index in [1.54, 1.807) is 18.6 Å². The molecule has 0 atom stereocenters. The number of rotatable bonds is 2. The van der Waals surface area contributed by atoms with Crippen molar-refractivity contribution in [3.05, 3.63) is 61.1 Å². The number of pyridine rings is 1. The molecule has 4 nitrogen and oxygen atoms in total. The summed E-state index contributed by atoms with van der Waals surface area (Å²) in [6, 6.07) is 13.7. The molecule has 19 heavy (non-hydrogen) atoms. The topological polar surface area (TPSA) is 70.4 Å². The van der Waals surface area contributed by atoms with Gasteiger partial charge >= 0.3 is 0 Å². The lowest BCUT2D eigenvalue weighted by atomic mass is 10.2. The molecule has 0 amide bonds. The van der Waals surface area contributed by atoms with Crippen LogP contribution >= 0.6 is 12.4 Å². The van der Waals surface area contributed by atoms with Gasteiger partial charge in [0.1, 0.15) is 0 Å². The Morgan fingerprint density at radius 2 is 1.53 bits per heavy atom. The molecule has 1 aromatic carbocycles. The van der Waals surface area contributed by atoms with Crippen LogP contribution in [0.1, 0.15) is 0 Å². The van der Waals surface area contributed by atoms with Crippen molar-refractivity contribution in [2.45, 2.75) is 0 Å². The van der Waals surface area contributed by atoms with E-state index in [-0.39, 0.29) is 17.9 Å². The van der Waals surface area contributed by atoms with Crippen LogP contribution in [0.3, 0.4) is 0 Å². The Hall–Kier alpha value is -2.17. The van der Waals surface area contributed by atoms with E-state index >= 15 is 0 Å². The van der Waals surface area contributed by atoms with Gasteiger partial charge in [-0.1, -0.05) is 30.3 Å². The minimum atomic E-state index is 0. The summed E-state index contributed by atoms with van der Waals surface area (Å²) in [5, 5.41) is 0. The number of halogens is 1. The van der Waals surface area contributed by atoms with Crippen LogP contribution in [0.5, 0.6) is 0 Å². The zero-order chi connectivity index (χ0) is 11.5. The number of nitrogens with zero attached hydrogens (tertiary/aromatic N) is 2. The highest BCUT2D eigenvalue weighted by molar-refractivity contribution is 5.85. The largest absolute Gasteiger partial charge is 0.436 e. The monoisotopic (exact) mass is 276 g/mol. The third kappa shape index (κ3) is 3.19. The fraction of sp³-hybridized carbons (Fsp3) is 0. The minimum absolute atomic E-state index is 0. The Morgan fingerprint density at radius 1 is 0.842 bits per heavy atom. The number of oxazole rings is 1. The van der Waals surface area contributed by atoms with Crippen molar-refractivity contribution < 1.29 is 9.89 Å². The quantitative estimate of drug-likeness (QED) is 0.722. The standard InChI is InChI=1S/C14H10N2O.ClH.H2O/c1-2-4-11(5-3-1)13-10-16-14(17-13)12-6-8-15-9-7-12;;/h1-10H;1H;1H2. The van der Waals surface area contributed by atoms with Gasteiger partial charge in [-0.3, -0.25) is 4.98 Å². The second kappa shape index (κ2) is 6.68. The van der Waals surface area contributed by atoms with Gasteiger partial charge in [-0.25, -0.2) is 4.98 Å². The SMILES string of the molecule is Cl.O.c1ccc(-c2cnc(-c3ccncc3)o2)cc1. The van der Waals surface area contributed by atoms with Gasteiger partial charge in [-0.15, -0.1) is 12.4 Å². The average molecular weight is 277 g/mol. The van der Waals surface area contributed by atoms with Crippen LogP contribution in [-0.2, 0) is 0 Å². The van der Waals surface area contributed by atoms with Crippen LogP contribution in [-0.4, -0.2) is 15.4 Å². The maximum atomic E-state index is 5.72. The molecule has 0 fully saturated rings. The van der Waals surface area contributed by atoms with Gasteiger partial charge in [-0.05, 0) is 12.1 Å². The normalized spacial score (nSPS) is 9.26. The highest BCUT2D eigenvalue weighted by Crippen LogP contribution is 2.25. The summed E-state index contributed by atoms with van der Waals surface area (Å²) in [4.78, 5) is 8.23. The first kappa shape index (κ1) is 14.9. The Balaban J connectivity index is 0.000000902. The van der Waals surface area contributed by atoms with E-state index < -0.39 is 0 Å². The fourth-order valence-corrected chi connectivity index (χ4v) is 1.64. The number of benzene rings is 1. The first-order valence-corrected chi connectivity index (χ1v) is 5.35. The third-order valence-electron chi connectivity index (χ3n) is 2.49. The predicted octanol–water partition coefficient (Wildman–Crippen LogP) is 3.00. The van der Waals surface area contributed by atoms with Crippen molar-refractivity contribution in [1.29, 1.82) is 0 Å². The number of aromatic nitrogens is 2. The molecule has 0 aliphatic carbocycles. The van der Waals surface area contributed by atoms with Crippen LogP contribution in [0.4, 0.5) is 0 Å². The van der Waals surface area contributed by atoms with Gasteiger partial charge < -0.3 is 9.89 Å². The molecule has 0 unspecified atom stereocenters. The lowest BCUT2D eigenvalue weighted by molar-refractivity contribution is 0.589. The van der Waals surface area contributed by atoms with Crippen molar-refractivity contribution in [2.24, 2.45) is 0 Å². The maximum Gasteiger partial charge on any atom is 0.226 e. The summed E-state index contributed by atoms with van der Waals surface area (Å²) in [5.41, 5.74) is 1.96. The number of hydrogen-bond donors (Lipinski definition) is 0. The van der Waals surface area contributed by atoms with Crippen molar-refractivity contribution >= 4 is 12.4 Å². The van der Waals surface area contributed by atoms with Crippen molar-refractivity contribution in [2.75, 3.05) is 0 Å². The summed E-state index contributed by atoms with van der Waals surface area (Å²) in [6.45, 7) is 0. The predicted molar refractivity (Wildman–Crippen MR) is 76.0 cm³/mol. The molecule has 0 saturated carbocycles. The molecule has 98 valence electrons. The molecule has 3 rings (SSSR count). The molecule has 2 heterocycles. The summed E-state index contributed by atoms with van der Waals surface area (Å²) in [6.07, 6.45) is 5.19. The summed E-state index contributed by atoms with van der Waals surface area (Å²) in [5.74, 6) is 1.39. The molecular formula is C14H13ClN2O2. The van der Waals surface area contributed by atoms with Crippen LogP contribution in [0.25, 0.3) is 22.8 Å². The number of hydrogen-bond acceptors (Lipinski definition) is 3. The Labute approximate surface area is 116 Å². The molecule has 0 saturated heterocycles. The zero-order valence-corrected chi connectivity index (χ0v) is 10.8. The highest BCUT2D eigenvalue weighted by Gasteiger charge is 2.07. The van der Waals surface area contributed by atoms with Crippen LogP contribution in [0.15, 0.2) is 65.5 Å². The lowest BCUT2D eigenvalue weighted by Crippen LogP contribution is -1.76. The maximum absolute atomic E-state index is 5.72. The molecule has 0 aliphatic rings. The van der Waals surface area contributed by atoms with Crippen molar-refractivity contribution in [1.82, 2.24) is 9.97 Å². The van der Waals surface area contributed by atoms with Crippen molar-refractivity contribution in [3.63, 3.8) is 0 Å². The van der Waals surface area contributed by atoms with Gasteiger partial charge in [0, 0.05) is 23.5 Å². The van der Waals surface area contributed by atoms with E-state index in [2.05, 4.69) is 9.97 Å². The fourth-order valence-electron chi connectivity index (χ4n) is 1.64. The molecule has 0 radical (unpaired) electrons. The van der Waals surface area contributed by atoms with Gasteiger partial charge in [0.15, 0.2) is 5.76 Å². The molecule has 0 bridgehead atoms. The van der Waals surface area contributed by atoms with Gasteiger partial charge in [0.25, 0.3) is 0 Å². The van der Waals surface area contributed by atoms with E-state index in [0.717, 1.165) is 16.9 Å². The average Bonchev–Trinajstić information content (AvgIpc) is 2.90.